The number of imidazole rings is 1. The van der Waals surface area contributed by atoms with Crippen LogP contribution in [-0.4, -0.2) is 23.1 Å². The number of H-pyrrole nitrogens is 1. The van der Waals surface area contributed by atoms with Crippen LogP contribution in [0.2, 0.25) is 0 Å². The summed E-state index contributed by atoms with van der Waals surface area (Å²) in [6.07, 6.45) is 0.958. The summed E-state index contributed by atoms with van der Waals surface area (Å²) in [5.74, 6) is 1.78. The Hall–Kier alpha value is -1.35. The van der Waals surface area contributed by atoms with E-state index in [1.54, 1.807) is 0 Å². The summed E-state index contributed by atoms with van der Waals surface area (Å²) >= 11 is 0. The van der Waals surface area contributed by atoms with Gasteiger partial charge in [0.1, 0.15) is 5.82 Å². The maximum Gasteiger partial charge on any atom is 0.108 e. The number of aromatic amines is 1. The molecule has 0 saturated heterocycles. The quantitative estimate of drug-likeness (QED) is 0.795. The van der Waals surface area contributed by atoms with E-state index in [1.807, 2.05) is 0 Å². The zero-order valence-electron chi connectivity index (χ0n) is 11.8. The van der Waals surface area contributed by atoms with Crippen LogP contribution in [0.5, 0.6) is 0 Å². The number of nitrogens with one attached hydrogen (secondary N) is 2. The lowest BCUT2D eigenvalue weighted by molar-refractivity contribution is 0.551. The van der Waals surface area contributed by atoms with Gasteiger partial charge in [0.15, 0.2) is 0 Å². The van der Waals surface area contributed by atoms with Gasteiger partial charge >= 0.3 is 0 Å². The van der Waals surface area contributed by atoms with Gasteiger partial charge in [-0.15, -0.1) is 0 Å². The Balaban J connectivity index is 2.02. The van der Waals surface area contributed by atoms with Crippen LogP contribution >= 0.6 is 0 Å². The summed E-state index contributed by atoms with van der Waals surface area (Å²) in [5, 5.41) is 3.44. The molecule has 2 rings (SSSR count). The zero-order chi connectivity index (χ0) is 13.1. The van der Waals surface area contributed by atoms with Gasteiger partial charge in [0.2, 0.25) is 0 Å². The highest BCUT2D eigenvalue weighted by atomic mass is 14.9. The summed E-state index contributed by atoms with van der Waals surface area (Å²) < 4.78 is 0. The molecule has 0 radical (unpaired) electrons. The van der Waals surface area contributed by atoms with Gasteiger partial charge in [-0.3, -0.25) is 0 Å². The third kappa shape index (κ3) is 3.10. The van der Waals surface area contributed by atoms with Crippen LogP contribution in [0.4, 0.5) is 0 Å². The number of hydrogen-bond acceptors (Lipinski definition) is 2. The Morgan fingerprint density at radius 1 is 1.22 bits per heavy atom. The monoisotopic (exact) mass is 245 g/mol. The highest BCUT2D eigenvalue weighted by molar-refractivity contribution is 5.77. The Morgan fingerprint density at radius 3 is 2.67 bits per heavy atom. The molecule has 0 amide bonds. The van der Waals surface area contributed by atoms with Crippen LogP contribution in [0, 0.1) is 19.8 Å². The zero-order valence-corrected chi connectivity index (χ0v) is 11.8. The Kier molecular flexibility index (Phi) is 4.02. The van der Waals surface area contributed by atoms with Gasteiger partial charge in [-0.25, -0.2) is 4.98 Å². The molecule has 2 aromatic rings. The fraction of sp³-hybridized carbons (Fsp3) is 0.533. The fourth-order valence-electron chi connectivity index (χ4n) is 2.04. The SMILES string of the molecule is Cc1cc2nc(CCNCC(C)C)[nH]c2cc1C. The first kappa shape index (κ1) is 13.1. The van der Waals surface area contributed by atoms with E-state index in [2.05, 4.69) is 55.1 Å². The minimum Gasteiger partial charge on any atom is -0.342 e. The summed E-state index contributed by atoms with van der Waals surface area (Å²) in [5.41, 5.74) is 4.85. The van der Waals surface area contributed by atoms with E-state index in [1.165, 1.54) is 11.1 Å². The van der Waals surface area contributed by atoms with Crippen LogP contribution in [0.1, 0.15) is 30.8 Å². The molecule has 2 N–H and O–H groups in total. The van der Waals surface area contributed by atoms with Gasteiger partial charge in [0, 0.05) is 13.0 Å². The molecule has 98 valence electrons. The van der Waals surface area contributed by atoms with Crippen molar-refractivity contribution in [3.63, 3.8) is 0 Å². The molecule has 0 aliphatic carbocycles. The molecule has 18 heavy (non-hydrogen) atoms. The lowest BCUT2D eigenvalue weighted by Crippen LogP contribution is -2.22. The van der Waals surface area contributed by atoms with Crippen molar-refractivity contribution in [2.45, 2.75) is 34.1 Å². The smallest absolute Gasteiger partial charge is 0.108 e. The molecule has 1 aromatic carbocycles. The van der Waals surface area contributed by atoms with E-state index in [9.17, 15) is 0 Å². The molecule has 0 unspecified atom stereocenters. The van der Waals surface area contributed by atoms with E-state index in [0.717, 1.165) is 36.4 Å². The largest absolute Gasteiger partial charge is 0.342 e. The van der Waals surface area contributed by atoms with Crippen molar-refractivity contribution >= 4 is 11.0 Å². The van der Waals surface area contributed by atoms with Crippen molar-refractivity contribution in [1.82, 2.24) is 15.3 Å². The third-order valence-electron chi connectivity index (χ3n) is 3.24. The lowest BCUT2D eigenvalue weighted by atomic mass is 10.1. The molecule has 0 aliphatic heterocycles. The van der Waals surface area contributed by atoms with Crippen molar-refractivity contribution in [2.24, 2.45) is 5.92 Å². The van der Waals surface area contributed by atoms with Crippen molar-refractivity contribution in [3.05, 3.63) is 29.1 Å². The topological polar surface area (TPSA) is 40.7 Å². The number of aromatic nitrogens is 2. The maximum absolute atomic E-state index is 4.64. The predicted molar refractivity (Wildman–Crippen MR) is 77.0 cm³/mol. The van der Waals surface area contributed by atoms with Crippen LogP contribution in [-0.2, 0) is 6.42 Å². The first-order valence-corrected chi connectivity index (χ1v) is 6.73. The number of aryl methyl sites for hydroxylation is 2. The van der Waals surface area contributed by atoms with E-state index >= 15 is 0 Å². The molecule has 1 aromatic heterocycles. The van der Waals surface area contributed by atoms with Gasteiger partial charge in [-0.2, -0.15) is 0 Å². The highest BCUT2D eigenvalue weighted by Crippen LogP contribution is 2.17. The maximum atomic E-state index is 4.64. The number of benzene rings is 1. The number of hydrogen-bond donors (Lipinski definition) is 2. The van der Waals surface area contributed by atoms with E-state index in [0.29, 0.717) is 5.92 Å². The van der Waals surface area contributed by atoms with Gasteiger partial charge < -0.3 is 10.3 Å². The summed E-state index contributed by atoms with van der Waals surface area (Å²) in [7, 11) is 0. The van der Waals surface area contributed by atoms with Crippen molar-refractivity contribution < 1.29 is 0 Å². The molecule has 0 atom stereocenters. The Morgan fingerprint density at radius 2 is 1.94 bits per heavy atom. The lowest BCUT2D eigenvalue weighted by Gasteiger charge is -2.05. The van der Waals surface area contributed by atoms with Gasteiger partial charge in [0.25, 0.3) is 0 Å². The fourth-order valence-corrected chi connectivity index (χ4v) is 2.04. The molecule has 0 saturated carbocycles. The second-order valence-electron chi connectivity index (χ2n) is 5.49. The van der Waals surface area contributed by atoms with E-state index in [4.69, 9.17) is 0 Å². The number of nitrogens with zero attached hydrogens (tertiary/aromatic N) is 1. The summed E-state index contributed by atoms with van der Waals surface area (Å²) in [6, 6.07) is 4.34. The minimum atomic E-state index is 0.700. The molecule has 1 heterocycles. The van der Waals surface area contributed by atoms with Gasteiger partial charge in [-0.1, -0.05) is 13.8 Å². The molecule has 0 aliphatic rings. The first-order chi connectivity index (χ1) is 8.56. The standard InChI is InChI=1S/C15H23N3/c1-10(2)9-16-6-5-15-17-13-7-11(3)12(4)8-14(13)18-15/h7-8,10,16H,5-6,9H2,1-4H3,(H,17,18). The molecular formula is C15H23N3. The average molecular weight is 245 g/mol. The summed E-state index contributed by atoms with van der Waals surface area (Å²) in [6.45, 7) is 10.8. The third-order valence-corrected chi connectivity index (χ3v) is 3.24. The van der Waals surface area contributed by atoms with E-state index < -0.39 is 0 Å². The molecule has 3 heteroatoms. The molecule has 3 nitrogen and oxygen atoms in total. The van der Waals surface area contributed by atoms with Crippen LogP contribution < -0.4 is 5.32 Å². The van der Waals surface area contributed by atoms with Crippen LogP contribution in [0.15, 0.2) is 12.1 Å². The normalized spacial score (nSPS) is 11.6. The minimum absolute atomic E-state index is 0.700. The second-order valence-corrected chi connectivity index (χ2v) is 5.49. The Bertz CT molecular complexity index is 487. The summed E-state index contributed by atoms with van der Waals surface area (Å²) in [4.78, 5) is 8.04. The molecule has 0 bridgehead atoms. The predicted octanol–water partition coefficient (Wildman–Crippen LogP) is 2.97. The first-order valence-electron chi connectivity index (χ1n) is 6.73. The molecule has 0 spiro atoms. The Labute approximate surface area is 109 Å². The van der Waals surface area contributed by atoms with E-state index in [-0.39, 0.29) is 0 Å². The molecule has 0 fully saturated rings. The van der Waals surface area contributed by atoms with Gasteiger partial charge in [0.05, 0.1) is 11.0 Å². The van der Waals surface area contributed by atoms with Crippen LogP contribution in [0.3, 0.4) is 0 Å². The second kappa shape index (κ2) is 5.53. The van der Waals surface area contributed by atoms with Crippen LogP contribution in [0.25, 0.3) is 11.0 Å². The highest BCUT2D eigenvalue weighted by Gasteiger charge is 2.04. The average Bonchev–Trinajstić information content (AvgIpc) is 2.67. The molecular weight excluding hydrogens is 222 g/mol. The van der Waals surface area contributed by atoms with Crippen molar-refractivity contribution in [1.29, 1.82) is 0 Å². The van der Waals surface area contributed by atoms with Crippen molar-refractivity contribution in [3.8, 4) is 0 Å². The van der Waals surface area contributed by atoms with Gasteiger partial charge in [-0.05, 0) is 49.6 Å². The van der Waals surface area contributed by atoms with Crippen molar-refractivity contribution in [2.75, 3.05) is 13.1 Å². The number of fused-ring (bicyclic) bond motifs is 1. The number of rotatable bonds is 5.